The maximum atomic E-state index is 13.3. The molecule has 0 aliphatic carbocycles. The third-order valence-corrected chi connectivity index (χ3v) is 3.33. The van der Waals surface area contributed by atoms with Crippen molar-refractivity contribution in [3.8, 4) is 11.5 Å². The number of phenolic OH excluding ortho intramolecular Hbond substituents is 1. The van der Waals surface area contributed by atoms with Gasteiger partial charge in [0.25, 0.3) is 5.91 Å². The number of methoxy groups -OCH3 is 1. The Hall–Kier alpha value is -2.76. The van der Waals surface area contributed by atoms with Gasteiger partial charge in [-0.2, -0.15) is 0 Å². The molecule has 1 atom stereocenters. The third-order valence-electron chi connectivity index (χ3n) is 3.33. The van der Waals surface area contributed by atoms with Crippen LogP contribution in [0.1, 0.15) is 11.6 Å². The number of hydrogen-bond donors (Lipinski definition) is 3. The summed E-state index contributed by atoms with van der Waals surface area (Å²) in [6.45, 7) is 0. The molecule has 21 heavy (non-hydrogen) atoms. The molecule has 3 N–H and O–H groups in total. The van der Waals surface area contributed by atoms with Crippen molar-refractivity contribution >= 4 is 17.3 Å². The molecule has 108 valence electrons. The van der Waals surface area contributed by atoms with Crippen LogP contribution < -0.4 is 15.4 Å². The van der Waals surface area contributed by atoms with Gasteiger partial charge in [-0.1, -0.05) is 0 Å². The molecule has 2 aromatic carbocycles. The van der Waals surface area contributed by atoms with E-state index in [0.717, 1.165) is 0 Å². The van der Waals surface area contributed by atoms with Gasteiger partial charge in [-0.15, -0.1) is 0 Å². The molecule has 0 bridgehead atoms. The zero-order valence-electron chi connectivity index (χ0n) is 11.2. The number of carbonyl (C=O) groups excluding carboxylic acids is 1. The first-order valence-electron chi connectivity index (χ1n) is 6.32. The molecule has 5 nitrogen and oxygen atoms in total. The van der Waals surface area contributed by atoms with E-state index in [2.05, 4.69) is 10.6 Å². The normalized spacial score (nSPS) is 16.3. The number of ether oxygens (including phenoxy) is 1. The van der Waals surface area contributed by atoms with Gasteiger partial charge in [-0.3, -0.25) is 4.79 Å². The number of nitrogens with one attached hydrogen (secondary N) is 2. The van der Waals surface area contributed by atoms with Crippen molar-refractivity contribution in [3.05, 3.63) is 47.8 Å². The Balaban J connectivity index is 1.90. The van der Waals surface area contributed by atoms with E-state index < -0.39 is 11.9 Å². The highest BCUT2D eigenvalue weighted by molar-refractivity contribution is 6.04. The van der Waals surface area contributed by atoms with Crippen LogP contribution >= 0.6 is 0 Å². The van der Waals surface area contributed by atoms with Gasteiger partial charge < -0.3 is 20.5 Å². The van der Waals surface area contributed by atoms with Gasteiger partial charge in [0.1, 0.15) is 11.9 Å². The van der Waals surface area contributed by atoms with E-state index in [9.17, 15) is 14.3 Å². The van der Waals surface area contributed by atoms with Crippen LogP contribution in [0, 0.1) is 5.82 Å². The topological polar surface area (TPSA) is 70.6 Å². The summed E-state index contributed by atoms with van der Waals surface area (Å²) in [6.07, 6.45) is 0. The summed E-state index contributed by atoms with van der Waals surface area (Å²) in [4.78, 5) is 12.0. The Kier molecular flexibility index (Phi) is 3.13. The molecule has 1 unspecified atom stereocenters. The predicted octanol–water partition coefficient (Wildman–Crippen LogP) is 2.65. The summed E-state index contributed by atoms with van der Waals surface area (Å²) in [5, 5.41) is 15.4. The van der Waals surface area contributed by atoms with E-state index in [-0.39, 0.29) is 11.7 Å². The molecule has 3 rings (SSSR count). The first-order valence-corrected chi connectivity index (χ1v) is 6.32. The zero-order valence-corrected chi connectivity index (χ0v) is 11.2. The number of halogens is 1. The van der Waals surface area contributed by atoms with E-state index in [1.165, 1.54) is 31.4 Å². The minimum Gasteiger partial charge on any atom is -0.504 e. The molecule has 0 fully saturated rings. The number of benzene rings is 2. The Morgan fingerprint density at radius 3 is 2.81 bits per heavy atom. The first-order chi connectivity index (χ1) is 10.1. The molecule has 0 saturated carbocycles. The molecule has 0 aromatic heterocycles. The highest BCUT2D eigenvalue weighted by Gasteiger charge is 2.30. The molecule has 2 aromatic rings. The molecule has 1 amide bonds. The number of fused-ring (bicyclic) bond motifs is 1. The van der Waals surface area contributed by atoms with E-state index in [1.807, 2.05) is 0 Å². The summed E-state index contributed by atoms with van der Waals surface area (Å²) in [7, 11) is 1.45. The lowest BCUT2D eigenvalue weighted by atomic mass is 10.1. The number of carbonyl (C=O) groups is 1. The molecule has 1 aliphatic rings. The average molecular weight is 288 g/mol. The second-order valence-corrected chi connectivity index (χ2v) is 4.68. The summed E-state index contributed by atoms with van der Waals surface area (Å²) < 4.78 is 18.3. The smallest absolute Gasteiger partial charge is 0.251 e. The second kappa shape index (κ2) is 4.97. The third kappa shape index (κ3) is 2.35. The van der Waals surface area contributed by atoms with Gasteiger partial charge in [0.05, 0.1) is 7.11 Å². The standard InChI is InChI=1S/C15H13FN2O3/c1-21-13-5-3-9(7-12(13)19)17-14-10-6-8(16)2-4-11(10)18-15(14)20/h2-7,14,17,19H,1H3,(H,18,20). The van der Waals surface area contributed by atoms with Gasteiger partial charge in [-0.05, 0) is 30.3 Å². The average Bonchev–Trinajstić information content (AvgIpc) is 2.75. The molecular formula is C15H13FN2O3. The van der Waals surface area contributed by atoms with Crippen LogP contribution in [0.3, 0.4) is 0 Å². The minimum absolute atomic E-state index is 0.0413. The Morgan fingerprint density at radius 2 is 2.10 bits per heavy atom. The number of amides is 1. The van der Waals surface area contributed by atoms with Crippen LogP contribution in [0.4, 0.5) is 15.8 Å². The summed E-state index contributed by atoms with van der Waals surface area (Å²) in [6, 6.07) is 8.12. The van der Waals surface area contributed by atoms with Crippen LogP contribution in [0.2, 0.25) is 0 Å². The summed E-state index contributed by atoms with van der Waals surface area (Å²) >= 11 is 0. The molecular weight excluding hydrogens is 275 g/mol. The largest absolute Gasteiger partial charge is 0.504 e. The fraction of sp³-hybridized carbons (Fsp3) is 0.133. The van der Waals surface area contributed by atoms with Crippen molar-refractivity contribution in [1.29, 1.82) is 0 Å². The van der Waals surface area contributed by atoms with E-state index >= 15 is 0 Å². The van der Waals surface area contributed by atoms with Crippen molar-refractivity contribution in [3.63, 3.8) is 0 Å². The Bertz CT molecular complexity index is 718. The maximum Gasteiger partial charge on any atom is 0.251 e. The van der Waals surface area contributed by atoms with E-state index in [0.29, 0.717) is 22.7 Å². The van der Waals surface area contributed by atoms with Crippen LogP contribution in [0.5, 0.6) is 11.5 Å². The Labute approximate surface area is 120 Å². The number of rotatable bonds is 3. The molecule has 6 heteroatoms. The molecule has 0 saturated heterocycles. The van der Waals surface area contributed by atoms with Crippen molar-refractivity contribution in [2.45, 2.75) is 6.04 Å². The van der Waals surface area contributed by atoms with Crippen molar-refractivity contribution in [2.24, 2.45) is 0 Å². The van der Waals surface area contributed by atoms with Gasteiger partial charge in [0, 0.05) is 23.0 Å². The number of hydrogen-bond acceptors (Lipinski definition) is 4. The van der Waals surface area contributed by atoms with Crippen LogP contribution in [0.25, 0.3) is 0 Å². The molecule has 0 radical (unpaired) electrons. The molecule has 1 aliphatic heterocycles. The zero-order chi connectivity index (χ0) is 15.0. The second-order valence-electron chi connectivity index (χ2n) is 4.68. The SMILES string of the molecule is COc1ccc(NC2C(=O)Nc3ccc(F)cc32)cc1O. The lowest BCUT2D eigenvalue weighted by Crippen LogP contribution is -2.19. The minimum atomic E-state index is -0.705. The van der Waals surface area contributed by atoms with Gasteiger partial charge >= 0.3 is 0 Å². The maximum absolute atomic E-state index is 13.3. The number of aromatic hydroxyl groups is 1. The van der Waals surface area contributed by atoms with E-state index in [1.54, 1.807) is 12.1 Å². The predicted molar refractivity (Wildman–Crippen MR) is 76.1 cm³/mol. The monoisotopic (exact) mass is 288 g/mol. The van der Waals surface area contributed by atoms with Crippen LogP contribution in [-0.4, -0.2) is 18.1 Å². The Morgan fingerprint density at radius 1 is 1.29 bits per heavy atom. The summed E-state index contributed by atoms with van der Waals surface area (Å²) in [5.74, 6) is -0.385. The van der Waals surface area contributed by atoms with E-state index in [4.69, 9.17) is 4.74 Å². The lowest BCUT2D eigenvalue weighted by Gasteiger charge is -2.14. The number of anilines is 2. The van der Waals surface area contributed by atoms with Gasteiger partial charge in [-0.25, -0.2) is 4.39 Å². The molecule has 0 spiro atoms. The van der Waals surface area contributed by atoms with Gasteiger partial charge in [0.2, 0.25) is 0 Å². The van der Waals surface area contributed by atoms with Crippen molar-refractivity contribution in [1.82, 2.24) is 0 Å². The van der Waals surface area contributed by atoms with Crippen molar-refractivity contribution < 1.29 is 19.0 Å². The number of phenols is 1. The quantitative estimate of drug-likeness (QED) is 0.812. The summed E-state index contributed by atoms with van der Waals surface area (Å²) in [5.41, 5.74) is 1.65. The van der Waals surface area contributed by atoms with Crippen LogP contribution in [0.15, 0.2) is 36.4 Å². The van der Waals surface area contributed by atoms with Gasteiger partial charge in [0.15, 0.2) is 11.5 Å². The fourth-order valence-corrected chi connectivity index (χ4v) is 2.32. The lowest BCUT2D eigenvalue weighted by molar-refractivity contribution is -0.116. The molecule has 1 heterocycles. The van der Waals surface area contributed by atoms with Crippen LogP contribution in [-0.2, 0) is 4.79 Å². The highest BCUT2D eigenvalue weighted by atomic mass is 19.1. The first kappa shape index (κ1) is 13.2. The highest BCUT2D eigenvalue weighted by Crippen LogP contribution is 2.35. The fourth-order valence-electron chi connectivity index (χ4n) is 2.32. The van der Waals surface area contributed by atoms with Crippen molar-refractivity contribution in [2.75, 3.05) is 17.7 Å².